The summed E-state index contributed by atoms with van der Waals surface area (Å²) in [6.45, 7) is 4.78. The highest BCUT2D eigenvalue weighted by molar-refractivity contribution is 5.93. The van der Waals surface area contributed by atoms with E-state index in [0.717, 1.165) is 18.8 Å². The maximum absolute atomic E-state index is 13.3. The van der Waals surface area contributed by atoms with Crippen LogP contribution in [-0.4, -0.2) is 59.5 Å². The van der Waals surface area contributed by atoms with Crippen LogP contribution >= 0.6 is 0 Å². The molecule has 142 valence electrons. The minimum Gasteiger partial charge on any atom is -0.496 e. The summed E-state index contributed by atoms with van der Waals surface area (Å²) in [5.41, 5.74) is 1.87. The molecule has 4 fully saturated rings. The zero-order chi connectivity index (χ0) is 18.5. The molecule has 27 heavy (non-hydrogen) atoms. The number of methoxy groups -OCH3 is 1. The first-order chi connectivity index (χ1) is 13.2. The molecule has 6 nitrogen and oxygen atoms in total. The number of aromatic nitrogens is 1. The van der Waals surface area contributed by atoms with Crippen molar-refractivity contribution in [1.82, 2.24) is 14.8 Å². The summed E-state index contributed by atoms with van der Waals surface area (Å²) in [4.78, 5) is 22.1. The SMILES string of the molecule is COc1ccccc1[C@@H]1CN(C(=O)c2ocnc2C)[C@@H]2C3CCN(CC3)[C@@H]21. The molecule has 0 radical (unpaired) electrons. The highest BCUT2D eigenvalue weighted by Gasteiger charge is 2.55. The van der Waals surface area contributed by atoms with Crippen molar-refractivity contribution in [2.45, 2.75) is 37.8 Å². The Hall–Kier alpha value is -2.34. The van der Waals surface area contributed by atoms with Crippen molar-refractivity contribution in [2.75, 3.05) is 26.7 Å². The lowest BCUT2D eigenvalue weighted by atomic mass is 9.75. The number of amides is 1. The van der Waals surface area contributed by atoms with Gasteiger partial charge in [0.25, 0.3) is 5.91 Å². The second-order valence-electron chi connectivity index (χ2n) is 7.93. The second-order valence-corrected chi connectivity index (χ2v) is 7.93. The summed E-state index contributed by atoms with van der Waals surface area (Å²) in [7, 11) is 1.72. The molecule has 0 spiro atoms. The molecule has 4 aliphatic heterocycles. The normalized spacial score (nSPS) is 31.8. The molecule has 0 N–H and O–H groups in total. The van der Waals surface area contributed by atoms with E-state index in [1.54, 1.807) is 7.11 Å². The molecule has 0 saturated carbocycles. The van der Waals surface area contributed by atoms with Gasteiger partial charge in [0.05, 0.1) is 18.8 Å². The van der Waals surface area contributed by atoms with E-state index < -0.39 is 0 Å². The number of fused-ring (bicyclic) bond motifs is 2. The third-order valence-electron chi connectivity index (χ3n) is 6.73. The summed E-state index contributed by atoms with van der Waals surface area (Å²) in [5.74, 6) is 2.08. The fraction of sp³-hybridized carbons (Fsp3) is 0.524. The number of aryl methyl sites for hydroxylation is 1. The summed E-state index contributed by atoms with van der Waals surface area (Å²) in [6.07, 6.45) is 3.70. The number of carbonyl (C=O) groups excluding carboxylic acids is 1. The third kappa shape index (κ3) is 2.50. The fourth-order valence-corrected chi connectivity index (χ4v) is 5.54. The average Bonchev–Trinajstić information content (AvgIpc) is 3.33. The standard InChI is InChI=1S/C21H25N3O3/c1-13-20(27-12-22-13)21(25)24-11-16(15-5-3-4-6-17(15)26-2)19-18(24)14-7-9-23(19)10-8-14/h3-6,12,14,16,18-19H,7-11H2,1-2H3/t16-,18+,19+/m0/s1. The van der Waals surface area contributed by atoms with E-state index >= 15 is 0 Å². The first-order valence-corrected chi connectivity index (χ1v) is 9.77. The van der Waals surface area contributed by atoms with Crippen LogP contribution in [0.4, 0.5) is 0 Å². The van der Waals surface area contributed by atoms with Crippen molar-refractivity contribution in [3.8, 4) is 5.75 Å². The number of benzene rings is 1. The number of ether oxygens (including phenoxy) is 1. The number of hydrogen-bond acceptors (Lipinski definition) is 5. The van der Waals surface area contributed by atoms with Gasteiger partial charge in [-0.25, -0.2) is 4.98 Å². The molecule has 4 aliphatic rings. The molecule has 6 rings (SSSR count). The van der Waals surface area contributed by atoms with Gasteiger partial charge in [0.1, 0.15) is 5.75 Å². The van der Waals surface area contributed by atoms with Gasteiger partial charge in [0.15, 0.2) is 6.39 Å². The van der Waals surface area contributed by atoms with Gasteiger partial charge in [-0.1, -0.05) is 18.2 Å². The van der Waals surface area contributed by atoms with Crippen LogP contribution in [0.15, 0.2) is 35.1 Å². The van der Waals surface area contributed by atoms with E-state index in [1.165, 1.54) is 24.8 Å². The quantitative estimate of drug-likeness (QED) is 0.835. The Bertz CT molecular complexity index is 856. The van der Waals surface area contributed by atoms with Gasteiger partial charge in [0.2, 0.25) is 5.76 Å². The number of likely N-dealkylation sites (tertiary alicyclic amines) is 1. The van der Waals surface area contributed by atoms with Crippen molar-refractivity contribution >= 4 is 5.91 Å². The largest absolute Gasteiger partial charge is 0.496 e. The van der Waals surface area contributed by atoms with Crippen molar-refractivity contribution in [2.24, 2.45) is 5.92 Å². The van der Waals surface area contributed by atoms with E-state index in [1.807, 2.05) is 19.1 Å². The highest BCUT2D eigenvalue weighted by atomic mass is 16.5. The minimum absolute atomic E-state index is 0.0221. The lowest BCUT2D eigenvalue weighted by Crippen LogP contribution is -2.60. The second kappa shape index (κ2) is 6.37. The molecule has 3 atom stereocenters. The molecule has 1 aromatic heterocycles. The van der Waals surface area contributed by atoms with Gasteiger partial charge >= 0.3 is 0 Å². The number of piperidine rings is 3. The van der Waals surface area contributed by atoms with Crippen LogP contribution < -0.4 is 4.74 Å². The highest BCUT2D eigenvalue weighted by Crippen LogP contribution is 2.48. The Balaban J connectivity index is 1.56. The number of hydrogen-bond donors (Lipinski definition) is 0. The van der Waals surface area contributed by atoms with Gasteiger partial charge < -0.3 is 14.1 Å². The maximum Gasteiger partial charge on any atom is 0.291 e. The molecule has 1 aromatic carbocycles. The van der Waals surface area contributed by atoms with Crippen molar-refractivity contribution in [3.05, 3.63) is 47.7 Å². The predicted octanol–water partition coefficient (Wildman–Crippen LogP) is 2.69. The van der Waals surface area contributed by atoms with Crippen LogP contribution in [0, 0.1) is 12.8 Å². The van der Waals surface area contributed by atoms with Crippen LogP contribution in [0.2, 0.25) is 0 Å². The maximum atomic E-state index is 13.3. The average molecular weight is 367 g/mol. The van der Waals surface area contributed by atoms with Crippen LogP contribution in [0.5, 0.6) is 5.75 Å². The lowest BCUT2D eigenvalue weighted by Gasteiger charge is -2.51. The van der Waals surface area contributed by atoms with E-state index in [9.17, 15) is 4.79 Å². The molecule has 0 unspecified atom stereocenters. The number of oxazole rings is 1. The fourth-order valence-electron chi connectivity index (χ4n) is 5.54. The van der Waals surface area contributed by atoms with Gasteiger partial charge in [-0.3, -0.25) is 9.69 Å². The number of carbonyl (C=O) groups is 1. The molecule has 0 aliphatic carbocycles. The molecule has 5 heterocycles. The van der Waals surface area contributed by atoms with E-state index in [-0.39, 0.29) is 17.9 Å². The summed E-state index contributed by atoms with van der Waals surface area (Å²) in [5, 5.41) is 0. The van der Waals surface area contributed by atoms with Crippen LogP contribution in [0.25, 0.3) is 0 Å². The van der Waals surface area contributed by atoms with E-state index in [4.69, 9.17) is 9.15 Å². The Kier molecular flexibility index (Phi) is 3.97. The van der Waals surface area contributed by atoms with Gasteiger partial charge in [-0.2, -0.15) is 0 Å². The van der Waals surface area contributed by atoms with Crippen molar-refractivity contribution in [3.63, 3.8) is 0 Å². The topological polar surface area (TPSA) is 58.8 Å². The Morgan fingerprint density at radius 2 is 2.00 bits per heavy atom. The summed E-state index contributed by atoms with van der Waals surface area (Å²) < 4.78 is 11.1. The Morgan fingerprint density at radius 3 is 2.70 bits per heavy atom. The summed E-state index contributed by atoms with van der Waals surface area (Å²) >= 11 is 0. The molecule has 2 bridgehead atoms. The zero-order valence-corrected chi connectivity index (χ0v) is 15.8. The molecular formula is C21H25N3O3. The lowest BCUT2D eigenvalue weighted by molar-refractivity contribution is -0.00441. The summed E-state index contributed by atoms with van der Waals surface area (Å²) in [6, 6.07) is 8.82. The molecule has 1 amide bonds. The third-order valence-corrected chi connectivity index (χ3v) is 6.73. The first-order valence-electron chi connectivity index (χ1n) is 9.77. The van der Waals surface area contributed by atoms with Gasteiger partial charge in [-0.05, 0) is 44.8 Å². The van der Waals surface area contributed by atoms with Crippen LogP contribution in [0.1, 0.15) is 40.6 Å². The van der Waals surface area contributed by atoms with Crippen molar-refractivity contribution < 1.29 is 13.9 Å². The first kappa shape index (κ1) is 16.8. The van der Waals surface area contributed by atoms with Gasteiger partial charge in [-0.15, -0.1) is 0 Å². The molecule has 6 heteroatoms. The number of para-hydroxylation sites is 1. The molecule has 2 aromatic rings. The zero-order valence-electron chi connectivity index (χ0n) is 15.8. The van der Waals surface area contributed by atoms with Crippen LogP contribution in [-0.2, 0) is 0 Å². The smallest absolute Gasteiger partial charge is 0.291 e. The van der Waals surface area contributed by atoms with E-state index in [2.05, 4.69) is 26.9 Å². The number of nitrogens with zero attached hydrogens (tertiary/aromatic N) is 3. The van der Waals surface area contributed by atoms with E-state index in [0.29, 0.717) is 30.0 Å². The van der Waals surface area contributed by atoms with Crippen LogP contribution in [0.3, 0.4) is 0 Å². The number of rotatable bonds is 3. The van der Waals surface area contributed by atoms with Gasteiger partial charge in [0, 0.05) is 24.1 Å². The Labute approximate surface area is 159 Å². The Morgan fingerprint density at radius 1 is 1.22 bits per heavy atom. The monoisotopic (exact) mass is 367 g/mol. The predicted molar refractivity (Wildman–Crippen MR) is 99.9 cm³/mol. The minimum atomic E-state index is -0.0221. The van der Waals surface area contributed by atoms with Crippen molar-refractivity contribution in [1.29, 1.82) is 0 Å². The molecule has 4 saturated heterocycles. The molecular weight excluding hydrogens is 342 g/mol.